The summed E-state index contributed by atoms with van der Waals surface area (Å²) in [6.45, 7) is 1.61. The van der Waals surface area contributed by atoms with Gasteiger partial charge in [0.1, 0.15) is 11.4 Å². The van der Waals surface area contributed by atoms with E-state index in [9.17, 15) is 14.4 Å². The summed E-state index contributed by atoms with van der Waals surface area (Å²) in [5, 5.41) is 0.170. The molecular formula is C18H17ClN4O4S. The Balaban J connectivity index is 1.86. The van der Waals surface area contributed by atoms with Crippen LogP contribution in [0.15, 0.2) is 49.7 Å². The second kappa shape index (κ2) is 7.69. The van der Waals surface area contributed by atoms with Gasteiger partial charge in [-0.3, -0.25) is 18.7 Å². The molecule has 0 saturated carbocycles. The maximum absolute atomic E-state index is 12.8. The molecule has 0 aliphatic rings. The van der Waals surface area contributed by atoms with E-state index < -0.39 is 22.3 Å². The zero-order chi connectivity index (χ0) is 20.6. The summed E-state index contributed by atoms with van der Waals surface area (Å²) in [5.74, 6) is -0.152. The second-order valence-corrected chi connectivity index (χ2v) is 7.82. The Morgan fingerprint density at radius 2 is 1.86 bits per heavy atom. The molecule has 1 atom stereocenters. The fourth-order valence-corrected chi connectivity index (χ4v) is 3.46. The zero-order valence-corrected chi connectivity index (χ0v) is 16.9. The van der Waals surface area contributed by atoms with Gasteiger partial charge in [-0.1, -0.05) is 23.4 Å². The van der Waals surface area contributed by atoms with Crippen molar-refractivity contribution in [2.75, 3.05) is 5.73 Å². The molecule has 0 aliphatic carbocycles. The van der Waals surface area contributed by atoms with E-state index in [2.05, 4.69) is 4.98 Å². The fraction of sp³-hybridized carbons (Fsp3) is 0.222. The number of nitrogen functional groups attached to an aromatic ring is 1. The predicted molar refractivity (Wildman–Crippen MR) is 108 cm³/mol. The number of thioether (sulfide) groups is 1. The van der Waals surface area contributed by atoms with Gasteiger partial charge < -0.3 is 10.2 Å². The highest BCUT2D eigenvalue weighted by molar-refractivity contribution is 8.00. The number of anilines is 1. The number of aromatic nitrogens is 3. The highest BCUT2D eigenvalue weighted by atomic mass is 35.5. The first-order chi connectivity index (χ1) is 13.2. The predicted octanol–water partition coefficient (Wildman–Crippen LogP) is 2.34. The minimum absolute atomic E-state index is 0.167. The number of rotatable bonds is 5. The van der Waals surface area contributed by atoms with Gasteiger partial charge in [0.2, 0.25) is 0 Å². The van der Waals surface area contributed by atoms with E-state index in [0.29, 0.717) is 10.8 Å². The molecule has 0 spiro atoms. The van der Waals surface area contributed by atoms with Gasteiger partial charge in [-0.2, -0.15) is 0 Å². The molecule has 0 amide bonds. The number of oxazole rings is 1. The SMILES string of the molecule is C[C@H](Sc1ncc(-c2ccc(Cl)cc2)o1)C(=O)c1c(N)n(C)c(=O)n(C)c1=O. The van der Waals surface area contributed by atoms with Crippen molar-refractivity contribution in [1.82, 2.24) is 14.1 Å². The van der Waals surface area contributed by atoms with Crippen LogP contribution in [-0.4, -0.2) is 25.2 Å². The normalized spacial score (nSPS) is 12.1. The molecule has 0 radical (unpaired) electrons. The van der Waals surface area contributed by atoms with E-state index in [-0.39, 0.29) is 16.6 Å². The third-order valence-electron chi connectivity index (χ3n) is 4.22. The van der Waals surface area contributed by atoms with Crippen LogP contribution < -0.4 is 17.0 Å². The van der Waals surface area contributed by atoms with Gasteiger partial charge in [-0.25, -0.2) is 9.78 Å². The lowest BCUT2D eigenvalue weighted by molar-refractivity contribution is 0.0991. The standard InChI is InChI=1S/C18H17ClN4O4S/c1-9(14(24)13-15(20)22(2)18(26)23(3)16(13)25)28-17-21-8-12(27-17)10-4-6-11(19)7-5-10/h4-9H,20H2,1-3H3/t9-/m0/s1. The molecule has 2 N–H and O–H groups in total. The number of Topliss-reactive ketones (excluding diaryl/α,β-unsaturated/α-hetero) is 1. The maximum Gasteiger partial charge on any atom is 0.332 e. The highest BCUT2D eigenvalue weighted by Gasteiger charge is 2.26. The van der Waals surface area contributed by atoms with Crippen molar-refractivity contribution in [1.29, 1.82) is 0 Å². The van der Waals surface area contributed by atoms with Crippen molar-refractivity contribution in [3.05, 3.63) is 61.9 Å². The summed E-state index contributed by atoms with van der Waals surface area (Å²) in [5.41, 5.74) is 5.08. The Kier molecular flexibility index (Phi) is 5.48. The monoisotopic (exact) mass is 420 g/mol. The summed E-state index contributed by atoms with van der Waals surface area (Å²) in [6, 6.07) is 7.05. The lowest BCUT2D eigenvalue weighted by Crippen LogP contribution is -2.42. The Morgan fingerprint density at radius 3 is 2.50 bits per heavy atom. The van der Waals surface area contributed by atoms with Crippen molar-refractivity contribution < 1.29 is 9.21 Å². The molecule has 0 unspecified atom stereocenters. The lowest BCUT2D eigenvalue weighted by Gasteiger charge is -2.13. The molecule has 3 rings (SSSR count). The Hall–Kier alpha value is -2.78. The van der Waals surface area contributed by atoms with Crippen LogP contribution in [-0.2, 0) is 14.1 Å². The number of hydrogen-bond acceptors (Lipinski definition) is 7. The van der Waals surface area contributed by atoms with Crippen molar-refractivity contribution in [2.24, 2.45) is 14.1 Å². The van der Waals surface area contributed by atoms with Gasteiger partial charge in [0.05, 0.1) is 11.4 Å². The first kappa shape index (κ1) is 20.0. The topological polar surface area (TPSA) is 113 Å². The molecule has 8 nitrogen and oxygen atoms in total. The smallest absolute Gasteiger partial charge is 0.332 e. The maximum atomic E-state index is 12.8. The van der Waals surface area contributed by atoms with Crippen LogP contribution >= 0.6 is 23.4 Å². The average Bonchev–Trinajstić information content (AvgIpc) is 3.13. The molecule has 0 saturated heterocycles. The number of benzene rings is 1. The van der Waals surface area contributed by atoms with Crippen LogP contribution in [0.4, 0.5) is 5.82 Å². The molecule has 10 heteroatoms. The fourth-order valence-electron chi connectivity index (χ4n) is 2.56. The Morgan fingerprint density at radius 1 is 1.21 bits per heavy atom. The largest absolute Gasteiger partial charge is 0.431 e. The molecular weight excluding hydrogens is 404 g/mol. The summed E-state index contributed by atoms with van der Waals surface area (Å²) in [6.07, 6.45) is 1.54. The summed E-state index contributed by atoms with van der Waals surface area (Å²) >= 11 is 6.93. The zero-order valence-electron chi connectivity index (χ0n) is 15.3. The van der Waals surface area contributed by atoms with Gasteiger partial charge in [-0.15, -0.1) is 0 Å². The number of nitrogens with two attached hydrogens (primary N) is 1. The Bertz CT molecular complexity index is 1160. The lowest BCUT2D eigenvalue weighted by atomic mass is 10.1. The molecule has 1 aromatic carbocycles. The molecule has 146 valence electrons. The van der Waals surface area contributed by atoms with Gasteiger partial charge >= 0.3 is 5.69 Å². The van der Waals surface area contributed by atoms with Gasteiger partial charge in [0.25, 0.3) is 10.8 Å². The average molecular weight is 421 g/mol. The van der Waals surface area contributed by atoms with Crippen LogP contribution in [0.25, 0.3) is 11.3 Å². The number of nitrogens with zero attached hydrogens (tertiary/aromatic N) is 3. The molecule has 0 fully saturated rings. The van der Waals surface area contributed by atoms with E-state index in [1.165, 1.54) is 14.1 Å². The minimum atomic E-state index is -0.729. The molecule has 0 aliphatic heterocycles. The molecule has 3 aromatic rings. The highest BCUT2D eigenvalue weighted by Crippen LogP contribution is 2.30. The van der Waals surface area contributed by atoms with Gasteiger partial charge in [0, 0.05) is 24.7 Å². The van der Waals surface area contributed by atoms with E-state index in [4.69, 9.17) is 21.8 Å². The molecule has 28 heavy (non-hydrogen) atoms. The van der Waals surface area contributed by atoms with Gasteiger partial charge in [-0.05, 0) is 31.2 Å². The number of carbonyl (C=O) groups excluding carboxylic acids is 1. The number of halogens is 1. The molecule has 2 heterocycles. The van der Waals surface area contributed by atoms with Crippen LogP contribution in [0.1, 0.15) is 17.3 Å². The first-order valence-electron chi connectivity index (χ1n) is 8.18. The third kappa shape index (κ3) is 3.63. The van der Waals surface area contributed by atoms with Crippen LogP contribution in [0, 0.1) is 0 Å². The van der Waals surface area contributed by atoms with E-state index in [1.807, 2.05) is 0 Å². The van der Waals surface area contributed by atoms with Crippen molar-refractivity contribution in [2.45, 2.75) is 17.4 Å². The first-order valence-corrected chi connectivity index (χ1v) is 9.44. The number of carbonyl (C=O) groups is 1. The van der Waals surface area contributed by atoms with Crippen molar-refractivity contribution >= 4 is 35.0 Å². The van der Waals surface area contributed by atoms with Crippen LogP contribution in [0.5, 0.6) is 0 Å². The van der Waals surface area contributed by atoms with Crippen molar-refractivity contribution in [3.8, 4) is 11.3 Å². The quantitative estimate of drug-likeness (QED) is 0.497. The van der Waals surface area contributed by atoms with E-state index in [1.54, 1.807) is 37.4 Å². The van der Waals surface area contributed by atoms with E-state index in [0.717, 1.165) is 26.5 Å². The third-order valence-corrected chi connectivity index (χ3v) is 5.43. The van der Waals surface area contributed by atoms with Crippen molar-refractivity contribution in [3.63, 3.8) is 0 Å². The van der Waals surface area contributed by atoms with Crippen LogP contribution in [0.3, 0.4) is 0 Å². The van der Waals surface area contributed by atoms with E-state index >= 15 is 0 Å². The van der Waals surface area contributed by atoms with Crippen LogP contribution in [0.2, 0.25) is 5.02 Å². The summed E-state index contributed by atoms with van der Waals surface area (Å²) in [7, 11) is 2.70. The minimum Gasteiger partial charge on any atom is -0.431 e. The molecule has 2 aromatic heterocycles. The van der Waals surface area contributed by atoms with Gasteiger partial charge in [0.15, 0.2) is 11.5 Å². The Labute approximate surface area is 168 Å². The number of ketones is 1. The molecule has 0 bridgehead atoms. The summed E-state index contributed by atoms with van der Waals surface area (Å²) in [4.78, 5) is 41.2. The summed E-state index contributed by atoms with van der Waals surface area (Å²) < 4.78 is 7.60. The second-order valence-electron chi connectivity index (χ2n) is 6.09. The number of hydrogen-bond donors (Lipinski definition) is 1.